The normalized spacial score (nSPS) is 14.0. The molecule has 0 fully saturated rings. The minimum atomic E-state index is -1.13. The Morgan fingerprint density at radius 1 is 1.11 bits per heavy atom. The maximum absolute atomic E-state index is 3.56. The highest BCUT2D eigenvalue weighted by Crippen LogP contribution is 2.28. The summed E-state index contributed by atoms with van der Waals surface area (Å²) in [4.78, 5) is 3.56. The molecule has 5 heteroatoms. The third kappa shape index (κ3) is 10.4. The lowest BCUT2D eigenvalue weighted by atomic mass is 10.1. The SMILES string of the molecule is CC(C)(C)N[Si](I)(I)I. The molecule has 0 aromatic carbocycles. The van der Waals surface area contributed by atoms with Crippen molar-refractivity contribution in [3.05, 3.63) is 0 Å². The molecule has 0 aromatic rings. The molecule has 0 aliphatic carbocycles. The van der Waals surface area contributed by atoms with Crippen LogP contribution in [0.1, 0.15) is 20.8 Å². The Morgan fingerprint density at radius 2 is 1.44 bits per heavy atom. The number of nitrogens with one attached hydrogen (secondary N) is 1. The average Bonchev–Trinajstić information content (AvgIpc) is 1.14. The molecule has 0 aliphatic heterocycles. The minimum absolute atomic E-state index is 0.274. The van der Waals surface area contributed by atoms with Gasteiger partial charge in [-0.3, -0.25) is 0 Å². The van der Waals surface area contributed by atoms with E-state index in [1.54, 1.807) is 0 Å². The van der Waals surface area contributed by atoms with Crippen LogP contribution in [0, 0.1) is 0 Å². The van der Waals surface area contributed by atoms with Gasteiger partial charge in [0.15, 0.2) is 0 Å². The van der Waals surface area contributed by atoms with Gasteiger partial charge in [0.05, 0.1) is 0 Å². The summed E-state index contributed by atoms with van der Waals surface area (Å²) in [5.41, 5.74) is 0.274. The Labute approximate surface area is 95.8 Å². The van der Waals surface area contributed by atoms with Crippen molar-refractivity contribution in [1.82, 2.24) is 4.98 Å². The van der Waals surface area contributed by atoms with E-state index in [2.05, 4.69) is 91.1 Å². The molecule has 0 aliphatic rings. The molecule has 56 valence electrons. The lowest BCUT2D eigenvalue weighted by Crippen LogP contribution is -2.46. The van der Waals surface area contributed by atoms with E-state index in [1.165, 1.54) is 0 Å². The van der Waals surface area contributed by atoms with Crippen LogP contribution >= 0.6 is 65.4 Å². The first-order chi connectivity index (χ1) is 3.71. The van der Waals surface area contributed by atoms with Crippen molar-refractivity contribution >= 4 is 66.1 Å². The first-order valence-corrected chi connectivity index (χ1v) is 13.9. The van der Waals surface area contributed by atoms with E-state index in [0.717, 1.165) is 0 Å². The van der Waals surface area contributed by atoms with Crippen LogP contribution in [0.25, 0.3) is 0 Å². The number of hydrogen-bond acceptors (Lipinski definition) is 1. The van der Waals surface area contributed by atoms with Gasteiger partial charge >= 0.3 is 0.725 Å². The van der Waals surface area contributed by atoms with E-state index < -0.39 is 0.725 Å². The number of halogens is 3. The molecule has 1 nitrogen and oxygen atoms in total. The fourth-order valence-corrected chi connectivity index (χ4v) is 8.56. The van der Waals surface area contributed by atoms with Crippen molar-refractivity contribution < 1.29 is 0 Å². The lowest BCUT2D eigenvalue weighted by molar-refractivity contribution is 0.526. The lowest BCUT2D eigenvalue weighted by Gasteiger charge is -2.25. The molecule has 1 N–H and O–H groups in total. The summed E-state index contributed by atoms with van der Waals surface area (Å²) in [6.45, 7) is 6.60. The molecule has 0 rings (SSSR count). The second-order valence-electron chi connectivity index (χ2n) is 2.87. The van der Waals surface area contributed by atoms with E-state index in [0.29, 0.717) is 0 Å². The molecule has 0 unspecified atom stereocenters. The molecule has 0 amide bonds. The molecular formula is C4H10I3NSi. The third-order valence-electron chi connectivity index (χ3n) is 0.517. The highest BCUT2D eigenvalue weighted by Gasteiger charge is 2.27. The van der Waals surface area contributed by atoms with Crippen molar-refractivity contribution in [1.29, 1.82) is 0 Å². The summed E-state index contributed by atoms with van der Waals surface area (Å²) in [5.74, 6) is 0. The molecule has 9 heavy (non-hydrogen) atoms. The van der Waals surface area contributed by atoms with Crippen molar-refractivity contribution in [2.75, 3.05) is 0 Å². The monoisotopic (exact) mass is 481 g/mol. The zero-order valence-electron chi connectivity index (χ0n) is 5.63. The van der Waals surface area contributed by atoms with Crippen LogP contribution in [0.3, 0.4) is 0 Å². The fourth-order valence-electron chi connectivity index (χ4n) is 0.425. The maximum Gasteiger partial charge on any atom is 0.326 e. The zero-order chi connectivity index (χ0) is 7.71. The minimum Gasteiger partial charge on any atom is -0.309 e. The second kappa shape index (κ2) is 3.85. The molecule has 0 heterocycles. The second-order valence-corrected chi connectivity index (χ2v) is 37.3. The van der Waals surface area contributed by atoms with Crippen LogP contribution in [0.5, 0.6) is 0 Å². The fraction of sp³-hybridized carbons (Fsp3) is 1.00. The van der Waals surface area contributed by atoms with E-state index in [-0.39, 0.29) is 5.54 Å². The van der Waals surface area contributed by atoms with Gasteiger partial charge in [-0.25, -0.2) is 0 Å². The molecule has 0 aromatic heterocycles. The van der Waals surface area contributed by atoms with Crippen LogP contribution in [-0.2, 0) is 0 Å². The van der Waals surface area contributed by atoms with Gasteiger partial charge in [-0.2, -0.15) is 0 Å². The molecule has 0 spiro atoms. The summed E-state index contributed by atoms with van der Waals surface area (Å²) < 4.78 is -1.13. The van der Waals surface area contributed by atoms with Gasteiger partial charge in [-0.15, -0.1) is 0 Å². The topological polar surface area (TPSA) is 12.0 Å². The van der Waals surface area contributed by atoms with Crippen LogP contribution in [-0.4, -0.2) is 6.26 Å². The summed E-state index contributed by atoms with van der Waals surface area (Å²) in [7, 11) is 0. The Bertz CT molecular complexity index is 81.0. The van der Waals surface area contributed by atoms with Gasteiger partial charge in [0.1, 0.15) is 0 Å². The molecule has 0 bridgehead atoms. The van der Waals surface area contributed by atoms with Gasteiger partial charge in [0, 0.05) is 5.54 Å². The van der Waals surface area contributed by atoms with E-state index in [4.69, 9.17) is 0 Å². The van der Waals surface area contributed by atoms with Gasteiger partial charge in [0.2, 0.25) is 0 Å². The zero-order valence-corrected chi connectivity index (χ0v) is 13.1. The van der Waals surface area contributed by atoms with Gasteiger partial charge in [-0.05, 0) is 20.8 Å². The van der Waals surface area contributed by atoms with Crippen molar-refractivity contribution in [2.45, 2.75) is 26.3 Å². The van der Waals surface area contributed by atoms with Gasteiger partial charge in [0.25, 0.3) is 0 Å². The Morgan fingerprint density at radius 3 is 1.44 bits per heavy atom. The van der Waals surface area contributed by atoms with E-state index in [1.807, 2.05) is 0 Å². The van der Waals surface area contributed by atoms with E-state index in [9.17, 15) is 0 Å². The predicted octanol–water partition coefficient (Wildman–Crippen LogP) is 3.12. The highest BCUT2D eigenvalue weighted by molar-refractivity contribution is 14.4. The smallest absolute Gasteiger partial charge is 0.309 e. The van der Waals surface area contributed by atoms with E-state index >= 15 is 0 Å². The van der Waals surface area contributed by atoms with Crippen LogP contribution in [0.4, 0.5) is 0 Å². The summed E-state index contributed by atoms with van der Waals surface area (Å²) >= 11 is 7.51. The Hall–Kier alpha value is 2.37. The average molecular weight is 481 g/mol. The molecule has 0 radical (unpaired) electrons. The predicted molar refractivity (Wildman–Crippen MR) is 70.7 cm³/mol. The van der Waals surface area contributed by atoms with Crippen molar-refractivity contribution in [2.24, 2.45) is 0 Å². The van der Waals surface area contributed by atoms with Crippen molar-refractivity contribution in [3.8, 4) is 0 Å². The molecule has 0 saturated carbocycles. The number of hydrogen-bond donors (Lipinski definition) is 1. The molecule has 0 saturated heterocycles. The van der Waals surface area contributed by atoms with Crippen molar-refractivity contribution in [3.63, 3.8) is 0 Å². The van der Waals surface area contributed by atoms with Crippen LogP contribution in [0.2, 0.25) is 0 Å². The summed E-state index contributed by atoms with van der Waals surface area (Å²) in [5, 5.41) is 0. The van der Waals surface area contributed by atoms with Gasteiger partial charge < -0.3 is 4.98 Å². The quantitative estimate of drug-likeness (QED) is 0.345. The van der Waals surface area contributed by atoms with Gasteiger partial charge in [-0.1, -0.05) is 65.4 Å². The summed E-state index contributed by atoms with van der Waals surface area (Å²) in [6.07, 6.45) is 0. The standard InChI is InChI=1S/C4H10I3NSi/c1-4(2,3)8-9(5,6)7/h8H,1-3H3. The first kappa shape index (κ1) is 11.4. The summed E-state index contributed by atoms with van der Waals surface area (Å²) in [6, 6.07) is 0. The largest absolute Gasteiger partial charge is 0.326 e. The Kier molecular flexibility index (Phi) is 4.86. The molecular weight excluding hydrogens is 471 g/mol. The number of rotatable bonds is 1. The Balaban J connectivity index is 3.75. The first-order valence-electron chi connectivity index (χ1n) is 2.57. The maximum atomic E-state index is 3.56. The van der Waals surface area contributed by atoms with Crippen LogP contribution < -0.4 is 4.98 Å². The highest BCUT2D eigenvalue weighted by atomic mass is 127. The third-order valence-corrected chi connectivity index (χ3v) is 3.98. The molecule has 0 atom stereocenters. The van der Waals surface area contributed by atoms with Crippen LogP contribution in [0.15, 0.2) is 0 Å².